The fourth-order valence-corrected chi connectivity index (χ4v) is 4.31. The number of carbonyl (C=O) groups excluding carboxylic acids is 1. The van der Waals surface area contributed by atoms with Gasteiger partial charge in [-0.2, -0.15) is 0 Å². The van der Waals surface area contributed by atoms with E-state index in [2.05, 4.69) is 20.7 Å². The second-order valence-corrected chi connectivity index (χ2v) is 9.49. The Hall–Kier alpha value is -1.90. The van der Waals surface area contributed by atoms with Gasteiger partial charge in [-0.1, -0.05) is 17.7 Å². The molecule has 0 bridgehead atoms. The minimum atomic E-state index is -3.62. The molecule has 0 radical (unpaired) electrons. The van der Waals surface area contributed by atoms with Gasteiger partial charge in [-0.15, -0.1) is 0 Å². The quantitative estimate of drug-likeness (QED) is 0.646. The number of sulfonamides is 1. The predicted octanol–water partition coefficient (Wildman–Crippen LogP) is 3.35. The molecule has 1 amide bonds. The zero-order valence-electron chi connectivity index (χ0n) is 15.8. The summed E-state index contributed by atoms with van der Waals surface area (Å²) in [5.74, 6) is 0.467. The summed E-state index contributed by atoms with van der Waals surface area (Å²) in [6.45, 7) is 2.71. The van der Waals surface area contributed by atoms with Gasteiger partial charge in [0.05, 0.1) is 17.0 Å². The summed E-state index contributed by atoms with van der Waals surface area (Å²) in [6, 6.07) is 12.2. The Bertz CT molecular complexity index is 957. The minimum Gasteiger partial charge on any atom is -0.492 e. The molecule has 3 rings (SSSR count). The Labute approximate surface area is 174 Å². The number of benzene rings is 2. The van der Waals surface area contributed by atoms with E-state index in [1.165, 1.54) is 17.0 Å². The van der Waals surface area contributed by atoms with Crippen molar-refractivity contribution in [3.8, 4) is 5.75 Å². The molecule has 8 heteroatoms. The van der Waals surface area contributed by atoms with Gasteiger partial charge >= 0.3 is 0 Å². The number of aryl methyl sites for hydroxylation is 1. The molecule has 1 N–H and O–H groups in total. The smallest absolute Gasteiger partial charge is 0.254 e. The third kappa shape index (κ3) is 5.33. The van der Waals surface area contributed by atoms with E-state index < -0.39 is 10.0 Å². The normalized spacial score (nSPS) is 14.0. The topological polar surface area (TPSA) is 75.7 Å². The van der Waals surface area contributed by atoms with Crippen LogP contribution in [0.3, 0.4) is 0 Å². The van der Waals surface area contributed by atoms with Crippen LogP contribution in [-0.4, -0.2) is 45.5 Å². The lowest BCUT2D eigenvalue weighted by molar-refractivity contribution is 0.0772. The van der Waals surface area contributed by atoms with Crippen molar-refractivity contribution in [1.82, 2.24) is 9.62 Å². The Morgan fingerprint density at radius 2 is 1.89 bits per heavy atom. The highest BCUT2D eigenvalue weighted by atomic mass is 79.9. The van der Waals surface area contributed by atoms with Crippen molar-refractivity contribution in [1.29, 1.82) is 0 Å². The maximum Gasteiger partial charge on any atom is 0.254 e. The van der Waals surface area contributed by atoms with E-state index in [1.807, 2.05) is 31.2 Å². The van der Waals surface area contributed by atoms with Crippen LogP contribution in [0.15, 0.2) is 51.8 Å². The van der Waals surface area contributed by atoms with Gasteiger partial charge < -0.3 is 9.64 Å². The lowest BCUT2D eigenvalue weighted by Crippen LogP contribution is -2.31. The summed E-state index contributed by atoms with van der Waals surface area (Å²) >= 11 is 3.35. The van der Waals surface area contributed by atoms with E-state index in [0.29, 0.717) is 23.2 Å². The number of nitrogens with one attached hydrogen (secondary N) is 1. The van der Waals surface area contributed by atoms with Crippen molar-refractivity contribution >= 4 is 31.9 Å². The van der Waals surface area contributed by atoms with Crippen LogP contribution in [-0.2, 0) is 10.0 Å². The molecular weight excluding hydrogens is 444 g/mol. The first-order chi connectivity index (χ1) is 13.3. The lowest BCUT2D eigenvalue weighted by Gasteiger charge is -2.19. The van der Waals surface area contributed by atoms with Crippen molar-refractivity contribution in [2.45, 2.75) is 30.7 Å². The molecule has 0 spiro atoms. The summed E-state index contributed by atoms with van der Waals surface area (Å²) in [7, 11) is -1.95. The molecule has 0 unspecified atom stereocenters. The van der Waals surface area contributed by atoms with Crippen molar-refractivity contribution in [3.05, 3.63) is 58.1 Å². The molecule has 1 saturated carbocycles. The SMILES string of the molecule is Cc1ccc(OCCN(C)C(=O)c2cc(S(=O)(=O)NC3CC3)ccc2Br)cc1. The molecule has 0 heterocycles. The fraction of sp³-hybridized carbons (Fsp3) is 0.350. The van der Waals surface area contributed by atoms with Gasteiger partial charge in [0, 0.05) is 17.6 Å². The van der Waals surface area contributed by atoms with Gasteiger partial charge in [-0.25, -0.2) is 13.1 Å². The molecule has 28 heavy (non-hydrogen) atoms. The van der Waals surface area contributed by atoms with E-state index in [1.54, 1.807) is 13.1 Å². The van der Waals surface area contributed by atoms with Gasteiger partial charge in [0.15, 0.2) is 0 Å². The number of likely N-dealkylation sites (N-methyl/N-ethyl adjacent to an activating group) is 1. The van der Waals surface area contributed by atoms with E-state index in [4.69, 9.17) is 4.74 Å². The highest BCUT2D eigenvalue weighted by Crippen LogP contribution is 2.25. The predicted molar refractivity (Wildman–Crippen MR) is 111 cm³/mol. The summed E-state index contributed by atoms with van der Waals surface area (Å²) in [4.78, 5) is 14.4. The molecule has 1 aliphatic carbocycles. The third-order valence-corrected chi connectivity index (χ3v) is 6.65. The number of carbonyl (C=O) groups is 1. The first-order valence-corrected chi connectivity index (χ1v) is 11.3. The molecule has 2 aromatic rings. The molecule has 1 fully saturated rings. The van der Waals surface area contributed by atoms with Gasteiger partial charge in [-0.3, -0.25) is 4.79 Å². The van der Waals surface area contributed by atoms with Crippen LogP contribution >= 0.6 is 15.9 Å². The molecule has 0 atom stereocenters. The Morgan fingerprint density at radius 3 is 2.54 bits per heavy atom. The Kier molecular flexibility index (Phi) is 6.42. The zero-order chi connectivity index (χ0) is 20.3. The second-order valence-electron chi connectivity index (χ2n) is 6.93. The molecule has 0 aliphatic heterocycles. The van der Waals surface area contributed by atoms with Gasteiger partial charge in [0.1, 0.15) is 12.4 Å². The number of hydrogen-bond acceptors (Lipinski definition) is 4. The molecular formula is C20H23BrN2O4S. The molecule has 1 aliphatic rings. The van der Waals surface area contributed by atoms with Crippen LogP contribution in [0, 0.1) is 6.92 Å². The number of ether oxygens (including phenoxy) is 1. The maximum absolute atomic E-state index is 12.8. The zero-order valence-corrected chi connectivity index (χ0v) is 18.2. The highest BCUT2D eigenvalue weighted by molar-refractivity contribution is 9.10. The van der Waals surface area contributed by atoms with Crippen LogP contribution < -0.4 is 9.46 Å². The lowest BCUT2D eigenvalue weighted by atomic mass is 10.2. The second kappa shape index (κ2) is 8.63. The minimum absolute atomic E-state index is 0.00870. The van der Waals surface area contributed by atoms with E-state index in [0.717, 1.165) is 24.2 Å². The van der Waals surface area contributed by atoms with Gasteiger partial charge in [0.2, 0.25) is 10.0 Å². The largest absolute Gasteiger partial charge is 0.492 e. The van der Waals surface area contributed by atoms with Crippen molar-refractivity contribution in [3.63, 3.8) is 0 Å². The summed E-state index contributed by atoms with van der Waals surface area (Å²) in [6.07, 6.45) is 1.70. The van der Waals surface area contributed by atoms with Gasteiger partial charge in [-0.05, 0) is 66.0 Å². The average molecular weight is 467 g/mol. The Balaban J connectivity index is 1.65. The Morgan fingerprint density at radius 1 is 1.21 bits per heavy atom. The number of nitrogens with zero attached hydrogens (tertiary/aromatic N) is 1. The summed E-state index contributed by atoms with van der Waals surface area (Å²) in [5, 5.41) is 0. The number of rotatable bonds is 8. The first kappa shape index (κ1) is 20.8. The van der Waals surface area contributed by atoms with Crippen LogP contribution in [0.2, 0.25) is 0 Å². The molecule has 6 nitrogen and oxygen atoms in total. The van der Waals surface area contributed by atoms with E-state index >= 15 is 0 Å². The van der Waals surface area contributed by atoms with Crippen molar-refractivity contribution < 1.29 is 17.9 Å². The van der Waals surface area contributed by atoms with Crippen molar-refractivity contribution in [2.24, 2.45) is 0 Å². The standard InChI is InChI=1S/C20H23BrN2O4S/c1-14-3-7-16(8-4-14)27-12-11-23(2)20(24)18-13-17(9-10-19(18)21)28(25,26)22-15-5-6-15/h3-4,7-10,13,15,22H,5-6,11-12H2,1-2H3. The first-order valence-electron chi connectivity index (χ1n) is 9.03. The summed E-state index contributed by atoms with van der Waals surface area (Å²) < 4.78 is 33.7. The summed E-state index contributed by atoms with van der Waals surface area (Å²) in [5.41, 5.74) is 1.45. The van der Waals surface area contributed by atoms with Crippen LogP contribution in [0.4, 0.5) is 0 Å². The maximum atomic E-state index is 12.8. The fourth-order valence-electron chi connectivity index (χ4n) is 2.57. The average Bonchev–Trinajstić information content (AvgIpc) is 3.46. The van der Waals surface area contributed by atoms with E-state index in [-0.39, 0.29) is 16.8 Å². The molecule has 2 aromatic carbocycles. The van der Waals surface area contributed by atoms with Crippen LogP contribution in [0.1, 0.15) is 28.8 Å². The number of halogens is 1. The highest BCUT2D eigenvalue weighted by Gasteiger charge is 2.29. The monoisotopic (exact) mass is 466 g/mol. The van der Waals surface area contributed by atoms with Gasteiger partial charge in [0.25, 0.3) is 5.91 Å². The van der Waals surface area contributed by atoms with E-state index in [9.17, 15) is 13.2 Å². The number of amides is 1. The molecule has 150 valence electrons. The van der Waals surface area contributed by atoms with Crippen LogP contribution in [0.5, 0.6) is 5.75 Å². The van der Waals surface area contributed by atoms with Crippen LogP contribution in [0.25, 0.3) is 0 Å². The van der Waals surface area contributed by atoms with Crippen molar-refractivity contribution in [2.75, 3.05) is 20.2 Å². The third-order valence-electron chi connectivity index (χ3n) is 4.44. The molecule has 0 saturated heterocycles. The number of hydrogen-bond donors (Lipinski definition) is 1. The molecule has 0 aromatic heterocycles.